The predicted molar refractivity (Wildman–Crippen MR) is 67.2 cm³/mol. The van der Waals surface area contributed by atoms with E-state index in [-0.39, 0.29) is 0 Å². The number of fused-ring (bicyclic) bond motifs is 1. The summed E-state index contributed by atoms with van der Waals surface area (Å²) < 4.78 is 0. The second-order valence-corrected chi connectivity index (χ2v) is 3.88. The fraction of sp³-hybridized carbons (Fsp3) is 0.0769. The maximum Gasteiger partial charge on any atom is 0.181 e. The number of rotatable bonds is 2. The summed E-state index contributed by atoms with van der Waals surface area (Å²) in [6.45, 7) is 0.540. The first kappa shape index (κ1) is 9.99. The van der Waals surface area contributed by atoms with Crippen molar-refractivity contribution in [2.24, 2.45) is 5.73 Å². The lowest BCUT2D eigenvalue weighted by atomic mass is 10.1. The lowest BCUT2D eigenvalue weighted by molar-refractivity contribution is 1.07. The van der Waals surface area contributed by atoms with E-state index in [4.69, 9.17) is 5.73 Å². The van der Waals surface area contributed by atoms with E-state index in [0.29, 0.717) is 6.54 Å². The molecule has 1 aromatic carbocycles. The lowest BCUT2D eigenvalue weighted by Gasteiger charge is -2.01. The molecular formula is C13H12N4. The van der Waals surface area contributed by atoms with Crippen molar-refractivity contribution in [3.63, 3.8) is 0 Å². The summed E-state index contributed by atoms with van der Waals surface area (Å²) in [5.41, 5.74) is 9.56. The average Bonchev–Trinajstić information content (AvgIpc) is 2.82. The molecule has 0 unspecified atom stereocenters. The van der Waals surface area contributed by atoms with Crippen molar-refractivity contribution >= 4 is 11.0 Å². The first-order chi connectivity index (χ1) is 8.38. The minimum atomic E-state index is 0.540. The van der Waals surface area contributed by atoms with Gasteiger partial charge in [0, 0.05) is 23.7 Å². The van der Waals surface area contributed by atoms with Gasteiger partial charge in [-0.15, -0.1) is 0 Å². The van der Waals surface area contributed by atoms with E-state index < -0.39 is 0 Å². The number of hydrogen-bond donors (Lipinski definition) is 2. The van der Waals surface area contributed by atoms with Gasteiger partial charge in [0.25, 0.3) is 0 Å². The van der Waals surface area contributed by atoms with Gasteiger partial charge in [-0.05, 0) is 23.8 Å². The van der Waals surface area contributed by atoms with Gasteiger partial charge in [0.2, 0.25) is 0 Å². The van der Waals surface area contributed by atoms with Crippen LogP contribution in [-0.4, -0.2) is 15.2 Å². The molecule has 0 amide bonds. The fourth-order valence-corrected chi connectivity index (χ4v) is 1.92. The van der Waals surface area contributed by atoms with Gasteiger partial charge in [0.05, 0.1) is 5.69 Å². The van der Waals surface area contributed by atoms with Crippen LogP contribution >= 0.6 is 0 Å². The molecule has 17 heavy (non-hydrogen) atoms. The largest absolute Gasteiger partial charge is 0.326 e. The molecule has 0 radical (unpaired) electrons. The summed E-state index contributed by atoms with van der Waals surface area (Å²) in [5, 5.41) is 8.24. The fourth-order valence-electron chi connectivity index (χ4n) is 1.92. The van der Waals surface area contributed by atoms with Gasteiger partial charge in [-0.2, -0.15) is 5.10 Å². The molecule has 0 aliphatic heterocycles. The molecule has 3 aromatic rings. The van der Waals surface area contributed by atoms with Crippen molar-refractivity contribution in [3.8, 4) is 11.3 Å². The van der Waals surface area contributed by atoms with E-state index in [1.807, 2.05) is 30.3 Å². The average molecular weight is 224 g/mol. The predicted octanol–water partition coefficient (Wildman–Crippen LogP) is 2.08. The van der Waals surface area contributed by atoms with Gasteiger partial charge in [0.1, 0.15) is 0 Å². The number of benzene rings is 1. The first-order valence-corrected chi connectivity index (χ1v) is 5.47. The van der Waals surface area contributed by atoms with Gasteiger partial charge < -0.3 is 5.73 Å². The molecule has 3 N–H and O–H groups in total. The van der Waals surface area contributed by atoms with Gasteiger partial charge in [-0.25, -0.2) is 4.98 Å². The van der Waals surface area contributed by atoms with Crippen LogP contribution in [-0.2, 0) is 6.54 Å². The van der Waals surface area contributed by atoms with Crippen molar-refractivity contribution in [1.29, 1.82) is 0 Å². The molecule has 0 saturated carbocycles. The third-order valence-corrected chi connectivity index (χ3v) is 2.78. The van der Waals surface area contributed by atoms with Gasteiger partial charge in [-0.3, -0.25) is 5.10 Å². The van der Waals surface area contributed by atoms with Crippen LogP contribution in [0.25, 0.3) is 22.3 Å². The topological polar surface area (TPSA) is 67.6 Å². The Morgan fingerprint density at radius 3 is 3.00 bits per heavy atom. The highest BCUT2D eigenvalue weighted by Crippen LogP contribution is 2.25. The number of nitrogens with zero attached hydrogens (tertiary/aromatic N) is 2. The summed E-state index contributed by atoms with van der Waals surface area (Å²) in [6.07, 6.45) is 1.74. The molecule has 0 fully saturated rings. The number of H-pyrrole nitrogens is 1. The highest BCUT2D eigenvalue weighted by Gasteiger charge is 2.07. The molecule has 0 atom stereocenters. The van der Waals surface area contributed by atoms with E-state index in [1.165, 1.54) is 0 Å². The smallest absolute Gasteiger partial charge is 0.181 e. The molecule has 3 rings (SSSR count). The number of aromatic amines is 1. The molecule has 2 aromatic heterocycles. The zero-order valence-electron chi connectivity index (χ0n) is 9.22. The molecule has 0 aliphatic carbocycles. The zero-order valence-corrected chi connectivity index (χ0v) is 9.22. The van der Waals surface area contributed by atoms with Crippen LogP contribution in [0.5, 0.6) is 0 Å². The molecule has 0 aliphatic rings. The quantitative estimate of drug-likeness (QED) is 0.700. The van der Waals surface area contributed by atoms with Crippen LogP contribution in [0.2, 0.25) is 0 Å². The summed E-state index contributed by atoms with van der Waals surface area (Å²) >= 11 is 0. The maximum absolute atomic E-state index is 5.65. The van der Waals surface area contributed by atoms with Crippen molar-refractivity contribution in [3.05, 3.63) is 48.2 Å². The molecule has 2 heterocycles. The van der Waals surface area contributed by atoms with E-state index in [1.54, 1.807) is 6.20 Å². The lowest BCUT2D eigenvalue weighted by Crippen LogP contribution is -1.95. The van der Waals surface area contributed by atoms with E-state index >= 15 is 0 Å². The Morgan fingerprint density at radius 2 is 2.12 bits per heavy atom. The van der Waals surface area contributed by atoms with Gasteiger partial charge >= 0.3 is 0 Å². The van der Waals surface area contributed by atoms with Crippen LogP contribution in [0, 0.1) is 0 Å². The van der Waals surface area contributed by atoms with Crippen molar-refractivity contribution in [1.82, 2.24) is 15.2 Å². The van der Waals surface area contributed by atoms with Crippen LogP contribution in [0.3, 0.4) is 0 Å². The number of hydrogen-bond acceptors (Lipinski definition) is 3. The monoisotopic (exact) mass is 224 g/mol. The van der Waals surface area contributed by atoms with Crippen molar-refractivity contribution in [2.75, 3.05) is 0 Å². The third kappa shape index (κ3) is 1.68. The summed E-state index contributed by atoms with van der Waals surface area (Å²) in [4.78, 5) is 4.20. The van der Waals surface area contributed by atoms with Crippen LogP contribution in [0.4, 0.5) is 0 Å². The second kappa shape index (κ2) is 3.99. The van der Waals surface area contributed by atoms with Crippen LogP contribution in [0.1, 0.15) is 5.56 Å². The van der Waals surface area contributed by atoms with E-state index in [9.17, 15) is 0 Å². The number of pyridine rings is 1. The maximum atomic E-state index is 5.65. The Balaban J connectivity index is 2.20. The molecule has 4 nitrogen and oxygen atoms in total. The molecule has 0 saturated heterocycles. The number of nitrogens with one attached hydrogen (secondary N) is 1. The Kier molecular flexibility index (Phi) is 2.34. The highest BCUT2D eigenvalue weighted by atomic mass is 15.1. The van der Waals surface area contributed by atoms with Crippen molar-refractivity contribution < 1.29 is 0 Å². The molecule has 0 spiro atoms. The standard InChI is InChI=1S/C13H12N4/c14-8-9-3-1-4-10(7-9)12-11-5-2-6-15-13(11)17-16-12/h1-7H,8,14H2,(H,15,16,17). The molecule has 84 valence electrons. The second-order valence-electron chi connectivity index (χ2n) is 3.88. The van der Waals surface area contributed by atoms with Gasteiger partial charge in [0.15, 0.2) is 5.65 Å². The summed E-state index contributed by atoms with van der Waals surface area (Å²) in [5.74, 6) is 0. The molecule has 4 heteroatoms. The Labute approximate surface area is 98.5 Å². The first-order valence-electron chi connectivity index (χ1n) is 5.47. The van der Waals surface area contributed by atoms with E-state index in [0.717, 1.165) is 27.9 Å². The SMILES string of the molecule is NCc1cccc(-c2[nH]nc3ncccc23)c1. The minimum absolute atomic E-state index is 0.540. The normalized spacial score (nSPS) is 10.9. The highest BCUT2D eigenvalue weighted by molar-refractivity contribution is 5.90. The number of aromatic nitrogens is 3. The Morgan fingerprint density at radius 1 is 1.18 bits per heavy atom. The summed E-state index contributed by atoms with van der Waals surface area (Å²) in [7, 11) is 0. The van der Waals surface area contributed by atoms with E-state index in [2.05, 4.69) is 21.2 Å². The molecule has 0 bridgehead atoms. The third-order valence-electron chi connectivity index (χ3n) is 2.78. The number of nitrogens with two attached hydrogens (primary N) is 1. The summed E-state index contributed by atoms with van der Waals surface area (Å²) in [6, 6.07) is 12.0. The minimum Gasteiger partial charge on any atom is -0.326 e. The van der Waals surface area contributed by atoms with Crippen molar-refractivity contribution in [2.45, 2.75) is 6.54 Å². The molecular weight excluding hydrogens is 212 g/mol. The van der Waals surface area contributed by atoms with Gasteiger partial charge in [-0.1, -0.05) is 18.2 Å². The zero-order chi connectivity index (χ0) is 11.7. The Hall–Kier alpha value is -2.20. The van der Waals surface area contributed by atoms with Crippen LogP contribution in [0.15, 0.2) is 42.6 Å². The Bertz CT molecular complexity index is 657. The van der Waals surface area contributed by atoms with Crippen LogP contribution < -0.4 is 5.73 Å².